The van der Waals surface area contributed by atoms with Crippen LogP contribution in [0.25, 0.3) is 11.3 Å². The van der Waals surface area contributed by atoms with Crippen LogP contribution in [-0.4, -0.2) is 28.2 Å². The molecule has 10 heteroatoms. The summed E-state index contributed by atoms with van der Waals surface area (Å²) in [5, 5.41) is 4.40. The van der Waals surface area contributed by atoms with Gasteiger partial charge in [-0.3, -0.25) is 9.67 Å². The van der Waals surface area contributed by atoms with Gasteiger partial charge in [0.05, 0.1) is 32.7 Å². The van der Waals surface area contributed by atoms with Gasteiger partial charge < -0.3 is 11.5 Å². The van der Waals surface area contributed by atoms with E-state index in [1.165, 1.54) is 23.0 Å². The highest BCUT2D eigenvalue weighted by Gasteiger charge is 2.40. The molecule has 1 aliphatic rings. The van der Waals surface area contributed by atoms with Gasteiger partial charge in [0.15, 0.2) is 0 Å². The van der Waals surface area contributed by atoms with E-state index in [9.17, 15) is 13.2 Å². The van der Waals surface area contributed by atoms with E-state index < -0.39 is 12.0 Å². The minimum atomic E-state index is -3.03. The molecular weight excluding hydrogens is 435 g/mol. The lowest BCUT2D eigenvalue weighted by Gasteiger charge is -2.13. The summed E-state index contributed by atoms with van der Waals surface area (Å²) in [6.45, 7) is 0.245. The minimum Gasteiger partial charge on any atom is -0.383 e. The standard InChI is InChI=1S/C20H19ClF3N5S/c21-15-10-27-29-5-4-20(23,24)18-14(17(15)29)8-16(30-18)19(26)28-13(9-25)7-11-2-1-3-12(22)6-11/h1-3,6,8,10,13H,4-5,7,9,25H2,(H2,26,28)/t13-/m0/s1. The molecule has 4 rings (SSSR count). The molecule has 4 N–H and O–H groups in total. The van der Waals surface area contributed by atoms with E-state index in [2.05, 4.69) is 10.1 Å². The SMILES string of the molecule is NC[C@H](Cc1cccc(F)c1)N=C(N)c1cc2c(s1)C(F)(F)CCn1ncc(Cl)c1-2. The highest BCUT2D eigenvalue weighted by Crippen LogP contribution is 2.47. The molecule has 0 unspecified atom stereocenters. The molecule has 3 heterocycles. The third kappa shape index (κ3) is 3.97. The molecule has 0 saturated heterocycles. The number of halogens is 4. The fraction of sp³-hybridized carbons (Fsp3) is 0.300. The zero-order valence-corrected chi connectivity index (χ0v) is 17.4. The van der Waals surface area contributed by atoms with Crippen LogP contribution in [-0.2, 0) is 18.9 Å². The van der Waals surface area contributed by atoms with Crippen molar-refractivity contribution in [3.05, 3.63) is 62.7 Å². The molecule has 1 aliphatic heterocycles. The number of benzene rings is 1. The third-order valence-corrected chi connectivity index (χ3v) is 6.50. The van der Waals surface area contributed by atoms with E-state index in [0.717, 1.165) is 16.9 Å². The largest absolute Gasteiger partial charge is 0.383 e. The van der Waals surface area contributed by atoms with Gasteiger partial charge in [-0.05, 0) is 30.2 Å². The average Bonchev–Trinajstić information content (AvgIpc) is 3.27. The van der Waals surface area contributed by atoms with Crippen molar-refractivity contribution >= 4 is 28.8 Å². The third-order valence-electron chi connectivity index (χ3n) is 4.96. The quantitative estimate of drug-likeness (QED) is 0.449. The normalized spacial score (nSPS) is 16.6. The van der Waals surface area contributed by atoms with Gasteiger partial charge in [-0.25, -0.2) is 13.2 Å². The van der Waals surface area contributed by atoms with E-state index in [4.69, 9.17) is 23.1 Å². The number of hydrogen-bond acceptors (Lipinski definition) is 4. The molecule has 2 aromatic heterocycles. The van der Waals surface area contributed by atoms with Crippen LogP contribution >= 0.6 is 22.9 Å². The second kappa shape index (κ2) is 8.05. The lowest BCUT2D eigenvalue weighted by molar-refractivity contribution is -0.0122. The Kier molecular flexibility index (Phi) is 5.61. The van der Waals surface area contributed by atoms with Crippen LogP contribution < -0.4 is 11.5 Å². The second-order valence-corrected chi connectivity index (χ2v) is 8.57. The smallest absolute Gasteiger partial charge is 0.284 e. The maximum absolute atomic E-state index is 14.8. The lowest BCUT2D eigenvalue weighted by atomic mass is 10.1. The van der Waals surface area contributed by atoms with Crippen LogP contribution in [0.1, 0.15) is 21.7 Å². The van der Waals surface area contributed by atoms with Crippen LogP contribution in [0.4, 0.5) is 13.2 Å². The van der Waals surface area contributed by atoms with Crippen LogP contribution in [0.3, 0.4) is 0 Å². The molecule has 1 aromatic carbocycles. The fourth-order valence-corrected chi connectivity index (χ4v) is 4.82. The highest BCUT2D eigenvalue weighted by molar-refractivity contribution is 7.14. The summed E-state index contributed by atoms with van der Waals surface area (Å²) in [5.74, 6) is -3.27. The first kappa shape index (κ1) is 20.9. The first-order valence-corrected chi connectivity index (χ1v) is 10.5. The van der Waals surface area contributed by atoms with Gasteiger partial charge >= 0.3 is 0 Å². The Labute approximate surface area is 180 Å². The summed E-state index contributed by atoms with van der Waals surface area (Å²) in [6.07, 6.45) is 1.45. The van der Waals surface area contributed by atoms with Gasteiger partial charge in [0, 0.05) is 25.1 Å². The van der Waals surface area contributed by atoms with E-state index in [1.54, 1.807) is 18.2 Å². The van der Waals surface area contributed by atoms with E-state index in [1.807, 2.05) is 0 Å². The molecule has 30 heavy (non-hydrogen) atoms. The summed E-state index contributed by atoms with van der Waals surface area (Å²) in [4.78, 5) is 4.73. The molecule has 0 bridgehead atoms. The first-order chi connectivity index (χ1) is 14.3. The molecule has 158 valence electrons. The molecule has 5 nitrogen and oxygen atoms in total. The monoisotopic (exact) mass is 453 g/mol. The first-order valence-electron chi connectivity index (χ1n) is 9.30. The molecule has 0 radical (unpaired) electrons. The number of fused-ring (bicyclic) bond motifs is 3. The molecular formula is C20H19ClF3N5S. The molecule has 0 spiro atoms. The average molecular weight is 454 g/mol. The van der Waals surface area contributed by atoms with Crippen LogP contribution in [0.5, 0.6) is 0 Å². The van der Waals surface area contributed by atoms with Crippen molar-refractivity contribution in [1.82, 2.24) is 9.78 Å². The van der Waals surface area contributed by atoms with Crippen LogP contribution in [0.15, 0.2) is 41.5 Å². The zero-order chi connectivity index (χ0) is 21.5. The number of aryl methyl sites for hydroxylation is 1. The Morgan fingerprint density at radius 2 is 2.17 bits per heavy atom. The molecule has 0 saturated carbocycles. The Morgan fingerprint density at radius 3 is 2.90 bits per heavy atom. The summed E-state index contributed by atoms with van der Waals surface area (Å²) < 4.78 is 44.4. The highest BCUT2D eigenvalue weighted by atomic mass is 35.5. The second-order valence-electron chi connectivity index (χ2n) is 7.11. The summed E-state index contributed by atoms with van der Waals surface area (Å²) in [7, 11) is 0. The number of rotatable bonds is 5. The molecule has 0 aliphatic carbocycles. The summed E-state index contributed by atoms with van der Waals surface area (Å²) in [5.41, 5.74) is 13.5. The lowest BCUT2D eigenvalue weighted by Crippen LogP contribution is -2.25. The van der Waals surface area contributed by atoms with Gasteiger partial charge in [0.25, 0.3) is 5.92 Å². The predicted octanol–water partition coefficient (Wildman–Crippen LogP) is 4.17. The van der Waals surface area contributed by atoms with Gasteiger partial charge in [-0.15, -0.1) is 11.3 Å². The summed E-state index contributed by atoms with van der Waals surface area (Å²) in [6, 6.07) is 7.31. The van der Waals surface area contributed by atoms with Crippen molar-refractivity contribution in [3.63, 3.8) is 0 Å². The van der Waals surface area contributed by atoms with Crippen LogP contribution in [0, 0.1) is 5.82 Å². The zero-order valence-electron chi connectivity index (χ0n) is 15.8. The fourth-order valence-electron chi connectivity index (χ4n) is 3.50. The molecule has 1 atom stereocenters. The predicted molar refractivity (Wildman–Crippen MR) is 113 cm³/mol. The molecule has 0 fully saturated rings. The maximum atomic E-state index is 14.8. The van der Waals surface area contributed by atoms with Crippen molar-refractivity contribution in [2.24, 2.45) is 16.5 Å². The van der Waals surface area contributed by atoms with E-state index in [0.29, 0.717) is 27.6 Å². The van der Waals surface area contributed by atoms with Crippen molar-refractivity contribution in [3.8, 4) is 11.3 Å². The van der Waals surface area contributed by atoms with E-state index in [-0.39, 0.29) is 36.0 Å². The number of aliphatic imine (C=N–C) groups is 1. The Hall–Kier alpha value is -2.36. The number of alkyl halides is 2. The number of thiophene rings is 1. The van der Waals surface area contributed by atoms with Gasteiger partial charge in [0.2, 0.25) is 0 Å². The number of nitrogens with zero attached hydrogens (tertiary/aromatic N) is 3. The Balaban J connectivity index is 1.69. The Bertz CT molecular complexity index is 1110. The van der Waals surface area contributed by atoms with Crippen molar-refractivity contribution in [2.45, 2.75) is 31.4 Å². The minimum absolute atomic E-state index is 0.0677. The number of nitrogens with two attached hydrogens (primary N) is 2. The van der Waals surface area contributed by atoms with Crippen molar-refractivity contribution < 1.29 is 13.2 Å². The van der Waals surface area contributed by atoms with Gasteiger partial charge in [-0.1, -0.05) is 23.7 Å². The van der Waals surface area contributed by atoms with Crippen LogP contribution in [0.2, 0.25) is 5.02 Å². The topological polar surface area (TPSA) is 82.2 Å². The molecule has 0 amide bonds. The number of hydrogen-bond donors (Lipinski definition) is 2. The van der Waals surface area contributed by atoms with Crippen molar-refractivity contribution in [1.29, 1.82) is 0 Å². The summed E-state index contributed by atoms with van der Waals surface area (Å²) >= 11 is 7.11. The van der Waals surface area contributed by atoms with Gasteiger partial charge in [0.1, 0.15) is 11.7 Å². The van der Waals surface area contributed by atoms with Crippen molar-refractivity contribution in [2.75, 3.05) is 6.54 Å². The number of aromatic nitrogens is 2. The molecule has 3 aromatic rings. The van der Waals surface area contributed by atoms with Gasteiger partial charge in [-0.2, -0.15) is 5.10 Å². The number of amidine groups is 1. The maximum Gasteiger partial charge on any atom is 0.284 e. The Morgan fingerprint density at radius 1 is 1.37 bits per heavy atom. The van der Waals surface area contributed by atoms with E-state index >= 15 is 0 Å².